The van der Waals surface area contributed by atoms with Crippen LogP contribution in [0.3, 0.4) is 0 Å². The first-order valence-electron chi connectivity index (χ1n) is 11.3. The predicted molar refractivity (Wildman–Crippen MR) is 127 cm³/mol. The Kier molecular flexibility index (Phi) is 7.67. The molecule has 190 valence electrons. The lowest BCUT2D eigenvalue weighted by molar-refractivity contribution is -0.140. The smallest absolute Gasteiger partial charge is 0.432 e. The van der Waals surface area contributed by atoms with Crippen LogP contribution in [0.1, 0.15) is 17.7 Å². The fourth-order valence-corrected chi connectivity index (χ4v) is 3.85. The number of anilines is 1. The molecule has 8 nitrogen and oxygen atoms in total. The van der Waals surface area contributed by atoms with Gasteiger partial charge in [0, 0.05) is 63.2 Å². The van der Waals surface area contributed by atoms with Crippen LogP contribution in [0.5, 0.6) is 5.75 Å². The monoisotopic (exact) mass is 501 g/mol. The maximum absolute atomic E-state index is 13.0. The third kappa shape index (κ3) is 6.47. The van der Waals surface area contributed by atoms with Crippen LogP contribution in [0.4, 0.5) is 18.9 Å². The summed E-state index contributed by atoms with van der Waals surface area (Å²) < 4.78 is 52.1. The molecule has 0 radical (unpaired) electrons. The van der Waals surface area contributed by atoms with Gasteiger partial charge in [-0.25, -0.2) is 4.98 Å². The molecule has 0 spiro atoms. The number of halogens is 3. The van der Waals surface area contributed by atoms with E-state index in [0.717, 1.165) is 25.7 Å². The van der Waals surface area contributed by atoms with Crippen LogP contribution < -0.4 is 10.1 Å². The lowest BCUT2D eigenvalue weighted by Crippen LogP contribution is -2.27. The van der Waals surface area contributed by atoms with E-state index in [1.54, 1.807) is 31.5 Å². The zero-order valence-electron chi connectivity index (χ0n) is 19.9. The average Bonchev–Trinajstić information content (AvgIpc) is 3.59. The first-order chi connectivity index (χ1) is 17.2. The molecule has 2 N–H and O–H groups in total. The maximum atomic E-state index is 13.0. The summed E-state index contributed by atoms with van der Waals surface area (Å²) in [6.07, 6.45) is 0.928. The third-order valence-corrected chi connectivity index (χ3v) is 5.76. The van der Waals surface area contributed by atoms with Gasteiger partial charge < -0.3 is 24.3 Å². The van der Waals surface area contributed by atoms with Crippen LogP contribution in [-0.4, -0.2) is 64.8 Å². The van der Waals surface area contributed by atoms with E-state index >= 15 is 0 Å². The summed E-state index contributed by atoms with van der Waals surface area (Å²) in [5, 5.41) is 2.69. The molecule has 1 aliphatic rings. The molecule has 1 fully saturated rings. The molecular formula is C25H26F3N5O3. The summed E-state index contributed by atoms with van der Waals surface area (Å²) in [5.74, 6) is 5.10. The van der Waals surface area contributed by atoms with Crippen molar-refractivity contribution in [2.75, 3.05) is 38.7 Å². The van der Waals surface area contributed by atoms with Gasteiger partial charge in [-0.3, -0.25) is 9.69 Å². The van der Waals surface area contributed by atoms with E-state index in [0.29, 0.717) is 30.0 Å². The molecule has 1 saturated heterocycles. The van der Waals surface area contributed by atoms with E-state index < -0.39 is 17.8 Å². The standard InChI is InChI=1S/C25H26F3N5O3/c1-32-9-7-17(15-32)3-6-23(34)30-20-13-18(24-29-14-22(31-24)25(26,27)28)4-5-21(20)36-12-11-33-10-8-19(16-33)35-2/h4-5,7,9,13-15,19H,8,10-12,16H2,1-2H3,(H,29,31)(H,30,34). The number of ether oxygens (including phenoxy) is 2. The summed E-state index contributed by atoms with van der Waals surface area (Å²) in [4.78, 5) is 20.9. The summed E-state index contributed by atoms with van der Waals surface area (Å²) in [7, 11) is 3.54. The van der Waals surface area contributed by atoms with Gasteiger partial charge in [-0.1, -0.05) is 5.92 Å². The summed E-state index contributed by atoms with van der Waals surface area (Å²) >= 11 is 0. The topological polar surface area (TPSA) is 84.4 Å². The minimum absolute atomic E-state index is 0.0161. The van der Waals surface area contributed by atoms with Crippen LogP contribution in [0, 0.1) is 11.8 Å². The fraction of sp³-hybridized carbons (Fsp3) is 0.360. The molecule has 36 heavy (non-hydrogen) atoms. The Hall–Kier alpha value is -3.75. The van der Waals surface area contributed by atoms with Crippen molar-refractivity contribution in [3.8, 4) is 29.0 Å². The van der Waals surface area contributed by atoms with Crippen molar-refractivity contribution >= 4 is 11.6 Å². The molecule has 3 heterocycles. The first kappa shape index (κ1) is 25.3. The molecule has 1 atom stereocenters. The minimum atomic E-state index is -4.55. The Morgan fingerprint density at radius 1 is 1.33 bits per heavy atom. The van der Waals surface area contributed by atoms with Gasteiger partial charge >= 0.3 is 12.1 Å². The summed E-state index contributed by atoms with van der Waals surface area (Å²) in [5.41, 5.74) is 0.345. The fourth-order valence-electron chi connectivity index (χ4n) is 3.85. The first-order valence-corrected chi connectivity index (χ1v) is 11.3. The van der Waals surface area contributed by atoms with E-state index in [2.05, 4.69) is 32.0 Å². The highest BCUT2D eigenvalue weighted by Gasteiger charge is 2.33. The second-order valence-corrected chi connectivity index (χ2v) is 8.42. The van der Waals surface area contributed by atoms with Crippen LogP contribution >= 0.6 is 0 Å². The number of H-pyrrole nitrogens is 1. The Balaban J connectivity index is 1.51. The van der Waals surface area contributed by atoms with Crippen molar-refractivity contribution in [3.63, 3.8) is 0 Å². The number of carbonyl (C=O) groups excluding carboxylic acids is 1. The highest BCUT2D eigenvalue weighted by molar-refractivity contribution is 6.05. The summed E-state index contributed by atoms with van der Waals surface area (Å²) in [6.45, 7) is 2.74. The van der Waals surface area contributed by atoms with E-state index in [4.69, 9.17) is 9.47 Å². The minimum Gasteiger partial charge on any atom is -0.490 e. The van der Waals surface area contributed by atoms with Crippen molar-refractivity contribution in [1.82, 2.24) is 19.4 Å². The number of methoxy groups -OCH3 is 1. The van der Waals surface area contributed by atoms with Gasteiger partial charge in [0.25, 0.3) is 0 Å². The van der Waals surface area contributed by atoms with Crippen LogP contribution in [0.15, 0.2) is 42.9 Å². The average molecular weight is 502 g/mol. The number of alkyl halides is 3. The molecule has 2 aromatic heterocycles. The Morgan fingerprint density at radius 2 is 2.17 bits per heavy atom. The van der Waals surface area contributed by atoms with Crippen molar-refractivity contribution in [1.29, 1.82) is 0 Å². The lowest BCUT2D eigenvalue weighted by atomic mass is 10.1. The number of nitrogens with one attached hydrogen (secondary N) is 2. The maximum Gasteiger partial charge on any atom is 0.432 e. The molecule has 1 amide bonds. The Labute approximate surface area is 206 Å². The van der Waals surface area contributed by atoms with E-state index in [9.17, 15) is 18.0 Å². The summed E-state index contributed by atoms with van der Waals surface area (Å²) in [6, 6.07) is 6.45. The number of carbonyl (C=O) groups is 1. The number of rotatable bonds is 7. The SMILES string of the molecule is COC1CCN(CCOc2ccc(-c3ncc(C(F)(F)F)[nH]3)cc2NC(=O)C#Cc2ccn(C)c2)C1. The molecule has 0 saturated carbocycles. The van der Waals surface area contributed by atoms with Gasteiger partial charge in [-0.15, -0.1) is 0 Å². The number of aromatic amines is 1. The zero-order chi connectivity index (χ0) is 25.7. The molecule has 1 aromatic carbocycles. The van der Waals surface area contributed by atoms with E-state index in [1.165, 1.54) is 6.07 Å². The van der Waals surface area contributed by atoms with Gasteiger partial charge in [0.1, 0.15) is 23.9 Å². The number of aryl methyl sites for hydroxylation is 1. The van der Waals surface area contributed by atoms with Gasteiger partial charge in [0.05, 0.1) is 18.0 Å². The van der Waals surface area contributed by atoms with Gasteiger partial charge in [0.2, 0.25) is 0 Å². The van der Waals surface area contributed by atoms with Crippen LogP contribution in [-0.2, 0) is 22.8 Å². The van der Waals surface area contributed by atoms with Gasteiger partial charge in [-0.2, -0.15) is 13.2 Å². The number of benzene rings is 1. The van der Waals surface area contributed by atoms with Crippen molar-refractivity contribution in [2.24, 2.45) is 7.05 Å². The number of aromatic nitrogens is 3. The number of likely N-dealkylation sites (tertiary alicyclic amines) is 1. The molecule has 1 aliphatic heterocycles. The van der Waals surface area contributed by atoms with Crippen molar-refractivity contribution in [3.05, 3.63) is 54.1 Å². The molecule has 0 aliphatic carbocycles. The van der Waals surface area contributed by atoms with Crippen LogP contribution in [0.2, 0.25) is 0 Å². The van der Waals surface area contributed by atoms with E-state index in [-0.39, 0.29) is 17.6 Å². The molecule has 4 rings (SSSR count). The quantitative estimate of drug-likeness (QED) is 0.484. The molecule has 1 unspecified atom stereocenters. The largest absolute Gasteiger partial charge is 0.490 e. The number of hydrogen-bond donors (Lipinski definition) is 2. The Morgan fingerprint density at radius 3 is 2.83 bits per heavy atom. The lowest BCUT2D eigenvalue weighted by Gasteiger charge is -2.17. The molecule has 3 aromatic rings. The highest BCUT2D eigenvalue weighted by atomic mass is 19.4. The van der Waals surface area contributed by atoms with Crippen LogP contribution in [0.25, 0.3) is 11.4 Å². The molecule has 11 heteroatoms. The molecular weight excluding hydrogens is 475 g/mol. The number of hydrogen-bond acceptors (Lipinski definition) is 5. The van der Waals surface area contributed by atoms with Crippen molar-refractivity contribution < 1.29 is 27.4 Å². The number of amides is 1. The van der Waals surface area contributed by atoms with Gasteiger partial charge in [-0.05, 0) is 30.7 Å². The number of nitrogens with zero attached hydrogens (tertiary/aromatic N) is 3. The highest BCUT2D eigenvalue weighted by Crippen LogP contribution is 2.33. The Bertz CT molecular complexity index is 1270. The van der Waals surface area contributed by atoms with Gasteiger partial charge in [0.15, 0.2) is 0 Å². The molecule has 0 bridgehead atoms. The third-order valence-electron chi connectivity index (χ3n) is 5.76. The zero-order valence-corrected chi connectivity index (χ0v) is 19.9. The van der Waals surface area contributed by atoms with E-state index in [1.807, 2.05) is 17.8 Å². The second-order valence-electron chi connectivity index (χ2n) is 8.42. The normalized spacial score (nSPS) is 16.0. The van der Waals surface area contributed by atoms with Crippen molar-refractivity contribution in [2.45, 2.75) is 18.7 Å². The number of imidazole rings is 1. The second kappa shape index (κ2) is 10.9. The predicted octanol–water partition coefficient (Wildman–Crippen LogP) is 3.52.